The van der Waals surface area contributed by atoms with Crippen molar-refractivity contribution in [1.82, 2.24) is 14.5 Å². The van der Waals surface area contributed by atoms with E-state index in [1.54, 1.807) is 18.2 Å². The van der Waals surface area contributed by atoms with E-state index in [1.807, 2.05) is 42.5 Å². The summed E-state index contributed by atoms with van der Waals surface area (Å²) in [6.07, 6.45) is 1.57. The van der Waals surface area contributed by atoms with Crippen LogP contribution in [0.4, 0.5) is 0 Å². The quantitative estimate of drug-likeness (QED) is 0.593. The second-order valence-electron chi connectivity index (χ2n) is 9.06. The number of sulfonamides is 1. The minimum atomic E-state index is -3.69. The van der Waals surface area contributed by atoms with Crippen LogP contribution in [0.5, 0.6) is 0 Å². The zero-order valence-electron chi connectivity index (χ0n) is 19.1. The van der Waals surface area contributed by atoms with E-state index >= 15 is 0 Å². The minimum Gasteiger partial charge on any atom is -0.348 e. The van der Waals surface area contributed by atoms with Crippen LogP contribution in [0.1, 0.15) is 33.5 Å². The van der Waals surface area contributed by atoms with Crippen molar-refractivity contribution in [2.75, 3.05) is 19.6 Å². The minimum absolute atomic E-state index is 0.0510. The average Bonchev–Trinajstić information content (AvgIpc) is 3.30. The molecule has 0 aromatic heterocycles. The van der Waals surface area contributed by atoms with E-state index in [9.17, 15) is 13.2 Å². The van der Waals surface area contributed by atoms with E-state index in [2.05, 4.69) is 22.3 Å². The van der Waals surface area contributed by atoms with Crippen LogP contribution in [-0.2, 0) is 29.5 Å². The van der Waals surface area contributed by atoms with Crippen LogP contribution in [0.25, 0.3) is 0 Å². The van der Waals surface area contributed by atoms with Gasteiger partial charge in [0.15, 0.2) is 0 Å². The van der Waals surface area contributed by atoms with Gasteiger partial charge in [0.2, 0.25) is 10.0 Å². The first-order chi connectivity index (χ1) is 16.5. The van der Waals surface area contributed by atoms with Gasteiger partial charge in [0.25, 0.3) is 5.91 Å². The molecular formula is C27H29N3O3S. The summed E-state index contributed by atoms with van der Waals surface area (Å²) in [5.74, 6) is -0.229. The number of benzene rings is 3. The van der Waals surface area contributed by atoms with Crippen molar-refractivity contribution in [3.63, 3.8) is 0 Å². The van der Waals surface area contributed by atoms with E-state index in [0.717, 1.165) is 31.6 Å². The molecule has 6 nitrogen and oxygen atoms in total. The number of hydrogen-bond acceptors (Lipinski definition) is 4. The molecule has 7 heteroatoms. The van der Waals surface area contributed by atoms with Gasteiger partial charge in [0.05, 0.1) is 4.90 Å². The molecule has 0 saturated carbocycles. The summed E-state index contributed by atoms with van der Waals surface area (Å²) in [6.45, 7) is 3.36. The van der Waals surface area contributed by atoms with Gasteiger partial charge in [-0.2, -0.15) is 4.31 Å². The lowest BCUT2D eigenvalue weighted by Crippen LogP contribution is -2.37. The third-order valence-electron chi connectivity index (χ3n) is 6.69. The molecule has 1 atom stereocenters. The smallest absolute Gasteiger partial charge is 0.251 e. The highest BCUT2D eigenvalue weighted by atomic mass is 32.2. The number of carbonyl (C=O) groups is 1. The average molecular weight is 476 g/mol. The Morgan fingerprint density at radius 2 is 1.68 bits per heavy atom. The molecule has 2 aliphatic heterocycles. The van der Waals surface area contributed by atoms with Gasteiger partial charge in [-0.15, -0.1) is 0 Å². The predicted molar refractivity (Wildman–Crippen MR) is 132 cm³/mol. The lowest BCUT2D eigenvalue weighted by atomic mass is 10.0. The normalized spacial score (nSPS) is 19.0. The Labute approximate surface area is 201 Å². The molecule has 1 unspecified atom stereocenters. The van der Waals surface area contributed by atoms with Crippen LogP contribution in [0.15, 0.2) is 83.8 Å². The molecule has 1 amide bonds. The maximum atomic E-state index is 13.3. The molecule has 0 aliphatic carbocycles. The molecule has 2 aliphatic rings. The maximum absolute atomic E-state index is 13.3. The van der Waals surface area contributed by atoms with Crippen LogP contribution in [0, 0.1) is 0 Å². The molecule has 0 spiro atoms. The van der Waals surface area contributed by atoms with Gasteiger partial charge in [-0.25, -0.2) is 8.42 Å². The van der Waals surface area contributed by atoms with Crippen molar-refractivity contribution >= 4 is 15.9 Å². The first-order valence-corrected chi connectivity index (χ1v) is 13.2. The van der Waals surface area contributed by atoms with Gasteiger partial charge in [-0.1, -0.05) is 60.7 Å². The van der Waals surface area contributed by atoms with Gasteiger partial charge in [-0.3, -0.25) is 9.69 Å². The number of hydrogen-bond donors (Lipinski definition) is 1. The summed E-state index contributed by atoms with van der Waals surface area (Å²) in [5, 5.41) is 3.09. The first-order valence-electron chi connectivity index (χ1n) is 11.7. The molecule has 1 saturated heterocycles. The highest BCUT2D eigenvalue weighted by Gasteiger charge is 2.29. The number of likely N-dealkylation sites (tertiary alicyclic amines) is 1. The Kier molecular flexibility index (Phi) is 6.50. The molecule has 34 heavy (non-hydrogen) atoms. The molecular weight excluding hydrogens is 446 g/mol. The third-order valence-corrected chi connectivity index (χ3v) is 8.53. The van der Waals surface area contributed by atoms with Crippen molar-refractivity contribution < 1.29 is 13.2 Å². The highest BCUT2D eigenvalue weighted by molar-refractivity contribution is 7.89. The molecule has 0 bridgehead atoms. The third kappa shape index (κ3) is 4.92. The van der Waals surface area contributed by atoms with E-state index in [0.29, 0.717) is 25.1 Å². The standard InChI is InChI=1S/C27H29N3O3S/c31-27(28-25-14-15-29(20-25)18-21-7-2-1-3-8-21)23-11-6-12-26(17-23)34(32,33)30-16-13-22-9-4-5-10-24(22)19-30/h1-12,17,25H,13-16,18-20H2,(H,28,31). The Balaban J connectivity index is 1.24. The zero-order chi connectivity index (χ0) is 23.5. The molecule has 0 radical (unpaired) electrons. The molecule has 3 aromatic carbocycles. The lowest BCUT2D eigenvalue weighted by molar-refractivity contribution is 0.0937. The second kappa shape index (κ2) is 9.70. The first kappa shape index (κ1) is 22.8. The summed E-state index contributed by atoms with van der Waals surface area (Å²) in [7, 11) is -3.69. The lowest BCUT2D eigenvalue weighted by Gasteiger charge is -2.28. The Hall–Kier alpha value is -3.00. The van der Waals surface area contributed by atoms with Crippen molar-refractivity contribution in [2.24, 2.45) is 0 Å². The number of amides is 1. The Morgan fingerprint density at radius 1 is 0.912 bits per heavy atom. The summed E-state index contributed by atoms with van der Waals surface area (Å²) >= 11 is 0. The fourth-order valence-corrected chi connectivity index (χ4v) is 6.29. The predicted octanol–water partition coefficient (Wildman–Crippen LogP) is 3.44. The van der Waals surface area contributed by atoms with Crippen LogP contribution >= 0.6 is 0 Å². The number of nitrogens with zero attached hydrogens (tertiary/aromatic N) is 2. The SMILES string of the molecule is O=C(NC1CCN(Cc2ccccc2)C1)c1cccc(S(=O)(=O)N2CCc3ccccc3C2)c1. The van der Waals surface area contributed by atoms with Gasteiger partial charge in [0, 0.05) is 44.3 Å². The summed E-state index contributed by atoms with van der Waals surface area (Å²) in [6, 6.07) is 24.7. The number of carbonyl (C=O) groups excluding carboxylic acids is 1. The summed E-state index contributed by atoms with van der Waals surface area (Å²) in [5.41, 5.74) is 3.86. The summed E-state index contributed by atoms with van der Waals surface area (Å²) < 4.78 is 28.1. The van der Waals surface area contributed by atoms with E-state index < -0.39 is 10.0 Å². The van der Waals surface area contributed by atoms with Crippen molar-refractivity contribution in [2.45, 2.75) is 36.9 Å². The van der Waals surface area contributed by atoms with Gasteiger partial charge < -0.3 is 5.32 Å². The van der Waals surface area contributed by atoms with E-state index in [4.69, 9.17) is 0 Å². The number of nitrogens with one attached hydrogen (secondary N) is 1. The monoisotopic (exact) mass is 475 g/mol. The van der Waals surface area contributed by atoms with Gasteiger partial charge >= 0.3 is 0 Å². The largest absolute Gasteiger partial charge is 0.348 e. The van der Waals surface area contributed by atoms with Crippen LogP contribution in [0.3, 0.4) is 0 Å². The molecule has 1 N–H and O–H groups in total. The Bertz CT molecular complexity index is 1280. The van der Waals surface area contributed by atoms with Crippen LogP contribution < -0.4 is 5.32 Å². The molecule has 2 heterocycles. The maximum Gasteiger partial charge on any atom is 0.251 e. The van der Waals surface area contributed by atoms with E-state index in [-0.39, 0.29) is 16.8 Å². The molecule has 1 fully saturated rings. The number of fused-ring (bicyclic) bond motifs is 1. The molecule has 3 aromatic rings. The van der Waals surface area contributed by atoms with Crippen LogP contribution in [0.2, 0.25) is 0 Å². The van der Waals surface area contributed by atoms with Crippen molar-refractivity contribution in [3.05, 3.63) is 101 Å². The summed E-state index contributed by atoms with van der Waals surface area (Å²) in [4.78, 5) is 15.4. The molecule has 5 rings (SSSR count). The van der Waals surface area contributed by atoms with Crippen molar-refractivity contribution in [1.29, 1.82) is 0 Å². The highest BCUT2D eigenvalue weighted by Crippen LogP contribution is 2.25. The van der Waals surface area contributed by atoms with Gasteiger partial charge in [-0.05, 0) is 47.7 Å². The topological polar surface area (TPSA) is 69.7 Å². The van der Waals surface area contributed by atoms with E-state index in [1.165, 1.54) is 21.5 Å². The van der Waals surface area contributed by atoms with Gasteiger partial charge in [0.1, 0.15) is 0 Å². The second-order valence-corrected chi connectivity index (χ2v) is 11.0. The number of rotatable bonds is 6. The Morgan fingerprint density at radius 3 is 2.50 bits per heavy atom. The fraction of sp³-hybridized carbons (Fsp3) is 0.296. The molecule has 176 valence electrons. The fourth-order valence-electron chi connectivity index (χ4n) is 4.83. The van der Waals surface area contributed by atoms with Crippen LogP contribution in [-0.4, -0.2) is 49.2 Å². The van der Waals surface area contributed by atoms with Crippen molar-refractivity contribution in [3.8, 4) is 0 Å². The zero-order valence-corrected chi connectivity index (χ0v) is 19.9.